The molecule has 0 nitrogen and oxygen atoms in total. The summed E-state index contributed by atoms with van der Waals surface area (Å²) in [4.78, 5) is 0. The molecule has 0 fully saturated rings. The molecule has 0 N–H and O–H groups in total. The van der Waals surface area contributed by atoms with Gasteiger partial charge in [-0.1, -0.05) is 12.1 Å². The molecule has 2 aromatic rings. The second-order valence-electron chi connectivity index (χ2n) is 5.54. The predicted octanol–water partition coefficient (Wildman–Crippen LogP) is 6.46. The lowest BCUT2D eigenvalue weighted by Gasteiger charge is -2.22. The molecule has 0 aliphatic rings. The zero-order chi connectivity index (χ0) is 15.9. The number of hydrogen-bond donors (Lipinski definition) is 0. The maximum Gasteiger partial charge on any atom is 0.142 e. The summed E-state index contributed by atoms with van der Waals surface area (Å²) < 4.78 is 14.8. The lowest BCUT2D eigenvalue weighted by atomic mass is 9.86. The van der Waals surface area contributed by atoms with Gasteiger partial charge in [0.2, 0.25) is 0 Å². The highest BCUT2D eigenvalue weighted by atomic mass is 79.9. The van der Waals surface area contributed by atoms with E-state index >= 15 is 0 Å². The normalized spacial score (nSPS) is 12.6. The Morgan fingerprint density at radius 1 is 0.905 bits per heavy atom. The average Bonchev–Trinajstić information content (AvgIpc) is 2.46. The molecule has 0 saturated carbocycles. The molecule has 3 heteroatoms. The third-order valence-corrected chi connectivity index (χ3v) is 5.63. The smallest absolute Gasteiger partial charge is 0.142 e. The Morgan fingerprint density at radius 3 is 1.90 bits per heavy atom. The van der Waals surface area contributed by atoms with Gasteiger partial charge in [-0.05, 0) is 90.0 Å². The summed E-state index contributed by atoms with van der Waals surface area (Å²) in [6.45, 7) is 10.4. The maximum atomic E-state index is 14.4. The molecule has 0 amide bonds. The first-order valence-corrected chi connectivity index (χ1v) is 8.15. The number of halogens is 3. The first-order valence-electron chi connectivity index (χ1n) is 6.92. The first kappa shape index (κ1) is 16.5. The molecule has 0 heterocycles. The highest BCUT2D eigenvalue weighted by molar-refractivity contribution is 9.10. The van der Waals surface area contributed by atoms with Crippen LogP contribution in [0.3, 0.4) is 0 Å². The lowest BCUT2D eigenvalue weighted by molar-refractivity contribution is 0.605. The monoisotopic (exact) mass is 368 g/mol. The van der Waals surface area contributed by atoms with Gasteiger partial charge in [-0.15, -0.1) is 11.6 Å². The molecule has 112 valence electrons. The summed E-state index contributed by atoms with van der Waals surface area (Å²) in [6.07, 6.45) is 0. The van der Waals surface area contributed by atoms with Crippen molar-refractivity contribution in [3.05, 3.63) is 67.4 Å². The van der Waals surface area contributed by atoms with E-state index in [2.05, 4.69) is 50.5 Å². The van der Waals surface area contributed by atoms with Gasteiger partial charge in [-0.25, -0.2) is 4.39 Å². The molecule has 0 radical (unpaired) electrons. The van der Waals surface area contributed by atoms with Crippen LogP contribution in [0, 0.1) is 40.4 Å². The van der Waals surface area contributed by atoms with Gasteiger partial charge in [-0.3, -0.25) is 0 Å². The molecular weight excluding hydrogens is 351 g/mol. The van der Waals surface area contributed by atoms with E-state index in [9.17, 15) is 4.39 Å². The molecule has 0 aliphatic carbocycles. The molecule has 0 spiro atoms. The van der Waals surface area contributed by atoms with E-state index in [4.69, 9.17) is 11.6 Å². The highest BCUT2D eigenvalue weighted by Gasteiger charge is 2.23. The third-order valence-electron chi connectivity index (χ3n) is 4.57. The SMILES string of the molecule is Cc1c(C)c(C)c(C(Cl)c2cccc(Br)c2F)c(C)c1C. The van der Waals surface area contributed by atoms with E-state index in [1.54, 1.807) is 12.1 Å². The van der Waals surface area contributed by atoms with Crippen molar-refractivity contribution in [1.29, 1.82) is 0 Å². The molecule has 1 atom stereocenters. The predicted molar refractivity (Wildman–Crippen MR) is 91.9 cm³/mol. The molecule has 2 aromatic carbocycles. The fraction of sp³-hybridized carbons (Fsp3) is 0.333. The van der Waals surface area contributed by atoms with Crippen molar-refractivity contribution in [2.24, 2.45) is 0 Å². The van der Waals surface area contributed by atoms with E-state index in [0.29, 0.717) is 10.0 Å². The number of hydrogen-bond acceptors (Lipinski definition) is 0. The zero-order valence-corrected chi connectivity index (χ0v) is 15.3. The van der Waals surface area contributed by atoms with Crippen molar-refractivity contribution in [3.63, 3.8) is 0 Å². The van der Waals surface area contributed by atoms with Gasteiger partial charge < -0.3 is 0 Å². The molecule has 0 aromatic heterocycles. The minimum Gasteiger partial charge on any atom is -0.205 e. The van der Waals surface area contributed by atoms with Crippen molar-refractivity contribution < 1.29 is 4.39 Å². The van der Waals surface area contributed by atoms with Gasteiger partial charge >= 0.3 is 0 Å². The van der Waals surface area contributed by atoms with Crippen LogP contribution in [-0.4, -0.2) is 0 Å². The molecule has 0 aliphatic heterocycles. The van der Waals surface area contributed by atoms with Gasteiger partial charge in [0.05, 0.1) is 9.85 Å². The van der Waals surface area contributed by atoms with Crippen LogP contribution in [0.2, 0.25) is 0 Å². The summed E-state index contributed by atoms with van der Waals surface area (Å²) in [7, 11) is 0. The molecule has 1 unspecified atom stereocenters. The van der Waals surface area contributed by atoms with E-state index in [1.807, 2.05) is 6.07 Å². The topological polar surface area (TPSA) is 0 Å². The van der Waals surface area contributed by atoms with Crippen LogP contribution < -0.4 is 0 Å². The van der Waals surface area contributed by atoms with Crippen LogP contribution in [0.25, 0.3) is 0 Å². The summed E-state index contributed by atoms with van der Waals surface area (Å²) in [5.74, 6) is -0.285. The third kappa shape index (κ3) is 2.76. The van der Waals surface area contributed by atoms with Crippen molar-refractivity contribution in [1.82, 2.24) is 0 Å². The maximum absolute atomic E-state index is 14.4. The van der Waals surface area contributed by atoms with Crippen LogP contribution in [0.1, 0.15) is 44.3 Å². The van der Waals surface area contributed by atoms with Crippen molar-refractivity contribution in [2.45, 2.75) is 40.0 Å². The summed E-state index contributed by atoms with van der Waals surface area (Å²) in [5.41, 5.74) is 7.58. The Balaban J connectivity index is 2.70. The molecule has 2 rings (SSSR count). The Labute approximate surface area is 139 Å². The van der Waals surface area contributed by atoms with Gasteiger partial charge in [0.1, 0.15) is 5.82 Å². The van der Waals surface area contributed by atoms with Gasteiger partial charge in [-0.2, -0.15) is 0 Å². The van der Waals surface area contributed by atoms with Crippen LogP contribution in [0.5, 0.6) is 0 Å². The van der Waals surface area contributed by atoms with Crippen LogP contribution >= 0.6 is 27.5 Å². The lowest BCUT2D eigenvalue weighted by Crippen LogP contribution is -2.07. The second kappa shape index (κ2) is 6.10. The number of alkyl halides is 1. The minimum atomic E-state index is -0.486. The Hall–Kier alpha value is -0.860. The van der Waals surface area contributed by atoms with E-state index < -0.39 is 5.38 Å². The van der Waals surface area contributed by atoms with E-state index in [0.717, 1.165) is 16.7 Å². The molecule has 21 heavy (non-hydrogen) atoms. The molecular formula is C18H19BrClF. The van der Waals surface area contributed by atoms with Crippen molar-refractivity contribution in [2.75, 3.05) is 0 Å². The highest BCUT2D eigenvalue weighted by Crippen LogP contribution is 2.39. The summed E-state index contributed by atoms with van der Waals surface area (Å²) >= 11 is 9.89. The minimum absolute atomic E-state index is 0.285. The van der Waals surface area contributed by atoms with Crippen LogP contribution in [0.4, 0.5) is 4.39 Å². The van der Waals surface area contributed by atoms with Crippen LogP contribution in [-0.2, 0) is 0 Å². The van der Waals surface area contributed by atoms with E-state index in [-0.39, 0.29) is 5.82 Å². The quantitative estimate of drug-likeness (QED) is 0.533. The molecule has 0 bridgehead atoms. The first-order chi connectivity index (χ1) is 9.77. The Kier molecular flexibility index (Phi) is 4.79. The number of rotatable bonds is 2. The zero-order valence-electron chi connectivity index (χ0n) is 12.9. The largest absolute Gasteiger partial charge is 0.205 e. The average molecular weight is 370 g/mol. The van der Waals surface area contributed by atoms with Gasteiger partial charge in [0, 0.05) is 5.56 Å². The standard InChI is InChI=1S/C18H19BrClF/c1-9-10(2)12(4)16(13(5)11(9)3)17(20)14-7-6-8-15(19)18(14)21/h6-8,17H,1-5H3. The Morgan fingerprint density at radius 2 is 1.38 bits per heavy atom. The Bertz CT molecular complexity index is 678. The number of benzene rings is 2. The van der Waals surface area contributed by atoms with Gasteiger partial charge in [0.15, 0.2) is 0 Å². The summed E-state index contributed by atoms with van der Waals surface area (Å²) in [6, 6.07) is 5.26. The summed E-state index contributed by atoms with van der Waals surface area (Å²) in [5, 5.41) is -0.486. The second-order valence-corrected chi connectivity index (χ2v) is 6.84. The fourth-order valence-electron chi connectivity index (χ4n) is 2.78. The fourth-order valence-corrected chi connectivity index (χ4v) is 3.66. The molecule has 0 saturated heterocycles. The van der Waals surface area contributed by atoms with Crippen LogP contribution in [0.15, 0.2) is 22.7 Å². The van der Waals surface area contributed by atoms with Crippen molar-refractivity contribution in [3.8, 4) is 0 Å². The van der Waals surface area contributed by atoms with E-state index in [1.165, 1.54) is 16.7 Å². The van der Waals surface area contributed by atoms with Crippen molar-refractivity contribution >= 4 is 27.5 Å². The van der Waals surface area contributed by atoms with Gasteiger partial charge in [0.25, 0.3) is 0 Å².